The lowest BCUT2D eigenvalue weighted by atomic mass is 10.1. The summed E-state index contributed by atoms with van der Waals surface area (Å²) in [7, 11) is 0. The minimum absolute atomic E-state index is 0.295. The van der Waals surface area contributed by atoms with Crippen LogP contribution >= 0.6 is 11.3 Å². The third-order valence-electron chi connectivity index (χ3n) is 4.55. The van der Waals surface area contributed by atoms with Gasteiger partial charge in [-0.15, -0.1) is 11.3 Å². The van der Waals surface area contributed by atoms with Gasteiger partial charge in [0.2, 0.25) is 6.79 Å². The molecular formula is C21H18N4O2S. The van der Waals surface area contributed by atoms with Crippen molar-refractivity contribution in [2.75, 3.05) is 18.7 Å². The molecule has 4 aromatic rings. The smallest absolute Gasteiger partial charge is 0.231 e. The summed E-state index contributed by atoms with van der Waals surface area (Å²) in [5.74, 6) is 3.10. The first-order valence-electron chi connectivity index (χ1n) is 9.08. The molecule has 0 aliphatic carbocycles. The first-order chi connectivity index (χ1) is 13.8. The monoisotopic (exact) mass is 390 g/mol. The van der Waals surface area contributed by atoms with E-state index in [0.717, 1.165) is 46.2 Å². The van der Waals surface area contributed by atoms with Crippen molar-refractivity contribution < 1.29 is 9.47 Å². The van der Waals surface area contributed by atoms with Crippen LogP contribution in [0.25, 0.3) is 21.7 Å². The van der Waals surface area contributed by atoms with Crippen molar-refractivity contribution in [1.82, 2.24) is 15.0 Å². The third kappa shape index (κ3) is 3.25. The molecule has 5 rings (SSSR count). The van der Waals surface area contributed by atoms with Crippen LogP contribution in [0.5, 0.6) is 11.5 Å². The first kappa shape index (κ1) is 16.9. The molecule has 28 heavy (non-hydrogen) atoms. The van der Waals surface area contributed by atoms with Crippen LogP contribution in [-0.2, 0) is 6.42 Å². The van der Waals surface area contributed by atoms with Crippen LogP contribution in [0, 0.1) is 6.92 Å². The molecule has 0 unspecified atom stereocenters. The van der Waals surface area contributed by atoms with Crippen LogP contribution in [0.1, 0.15) is 10.4 Å². The Morgan fingerprint density at radius 1 is 1.07 bits per heavy atom. The van der Waals surface area contributed by atoms with Gasteiger partial charge in [-0.1, -0.05) is 12.1 Å². The van der Waals surface area contributed by atoms with E-state index < -0.39 is 0 Å². The molecule has 0 amide bonds. The fraction of sp³-hybridized carbons (Fsp3) is 0.190. The first-order valence-corrected chi connectivity index (χ1v) is 9.90. The minimum atomic E-state index is 0.295. The number of aryl methyl sites for hydroxylation is 1. The number of nitrogens with zero attached hydrogens (tertiary/aromatic N) is 3. The summed E-state index contributed by atoms with van der Waals surface area (Å²) in [4.78, 5) is 16.0. The minimum Gasteiger partial charge on any atom is -0.454 e. The molecule has 1 N–H and O–H groups in total. The Balaban J connectivity index is 1.40. The van der Waals surface area contributed by atoms with E-state index >= 15 is 0 Å². The van der Waals surface area contributed by atoms with E-state index in [-0.39, 0.29) is 0 Å². The van der Waals surface area contributed by atoms with Gasteiger partial charge in [-0.25, -0.2) is 9.97 Å². The molecule has 0 atom stereocenters. The van der Waals surface area contributed by atoms with E-state index in [0.29, 0.717) is 12.6 Å². The number of hydrogen-bond donors (Lipinski definition) is 1. The zero-order chi connectivity index (χ0) is 18.9. The van der Waals surface area contributed by atoms with Crippen LogP contribution in [0.15, 0.2) is 48.7 Å². The Kier molecular flexibility index (Phi) is 4.29. The van der Waals surface area contributed by atoms with Crippen LogP contribution in [0.2, 0.25) is 0 Å². The molecule has 0 fully saturated rings. The Hall–Kier alpha value is -3.19. The topological polar surface area (TPSA) is 69.2 Å². The Labute approximate surface area is 166 Å². The van der Waals surface area contributed by atoms with E-state index in [1.165, 1.54) is 10.4 Å². The number of pyridine rings is 1. The molecule has 7 heteroatoms. The van der Waals surface area contributed by atoms with Gasteiger partial charge in [0.15, 0.2) is 17.3 Å². The third-order valence-corrected chi connectivity index (χ3v) is 5.50. The molecule has 4 heterocycles. The van der Waals surface area contributed by atoms with Crippen molar-refractivity contribution in [3.63, 3.8) is 0 Å². The van der Waals surface area contributed by atoms with Gasteiger partial charge in [0.05, 0.1) is 5.39 Å². The second-order valence-corrected chi connectivity index (χ2v) is 7.79. The Bertz CT molecular complexity index is 1140. The maximum absolute atomic E-state index is 5.46. The van der Waals surface area contributed by atoms with Crippen LogP contribution in [0.4, 0.5) is 5.82 Å². The summed E-state index contributed by atoms with van der Waals surface area (Å²) in [6, 6.07) is 14.0. The van der Waals surface area contributed by atoms with Gasteiger partial charge in [0.1, 0.15) is 16.3 Å². The number of benzene rings is 1. The zero-order valence-corrected chi connectivity index (χ0v) is 16.1. The second-order valence-electron chi connectivity index (χ2n) is 6.55. The van der Waals surface area contributed by atoms with Crippen LogP contribution in [0.3, 0.4) is 0 Å². The fourth-order valence-corrected chi connectivity index (χ4v) is 4.09. The number of ether oxygens (including phenoxy) is 2. The molecule has 0 spiro atoms. The predicted molar refractivity (Wildman–Crippen MR) is 110 cm³/mol. The Morgan fingerprint density at radius 3 is 2.89 bits per heavy atom. The van der Waals surface area contributed by atoms with E-state index in [1.54, 1.807) is 17.5 Å². The number of nitrogens with one attached hydrogen (secondary N) is 1. The highest BCUT2D eigenvalue weighted by atomic mass is 32.1. The molecule has 0 saturated carbocycles. The maximum Gasteiger partial charge on any atom is 0.231 e. The number of anilines is 1. The van der Waals surface area contributed by atoms with Gasteiger partial charge >= 0.3 is 0 Å². The van der Waals surface area contributed by atoms with Crippen molar-refractivity contribution in [2.45, 2.75) is 13.3 Å². The van der Waals surface area contributed by atoms with Gasteiger partial charge < -0.3 is 14.8 Å². The number of rotatable bonds is 5. The molecule has 1 aliphatic rings. The SMILES string of the molecule is Cc1cc2c(NCCc3ccc4c(c3)OCO4)nc(-c3ccccn3)nc2s1. The van der Waals surface area contributed by atoms with Crippen molar-refractivity contribution in [2.24, 2.45) is 0 Å². The van der Waals surface area contributed by atoms with E-state index in [2.05, 4.69) is 29.4 Å². The van der Waals surface area contributed by atoms with Crippen molar-refractivity contribution in [3.05, 3.63) is 59.1 Å². The lowest BCUT2D eigenvalue weighted by Gasteiger charge is -2.09. The summed E-state index contributed by atoms with van der Waals surface area (Å²) < 4.78 is 10.8. The summed E-state index contributed by atoms with van der Waals surface area (Å²) in [5, 5.41) is 4.53. The Morgan fingerprint density at radius 2 is 2.00 bits per heavy atom. The predicted octanol–water partition coefficient (Wildman–Crippen LogP) is 4.45. The lowest BCUT2D eigenvalue weighted by Crippen LogP contribution is -2.08. The quantitative estimate of drug-likeness (QED) is 0.543. The molecule has 0 radical (unpaired) electrons. The largest absolute Gasteiger partial charge is 0.454 e. The summed E-state index contributed by atoms with van der Waals surface area (Å²) >= 11 is 1.67. The average Bonchev–Trinajstić information content (AvgIpc) is 3.33. The zero-order valence-electron chi connectivity index (χ0n) is 15.3. The van der Waals surface area contributed by atoms with Crippen molar-refractivity contribution >= 4 is 27.4 Å². The molecule has 0 bridgehead atoms. The molecule has 0 saturated heterocycles. The van der Waals surface area contributed by atoms with Gasteiger partial charge in [0, 0.05) is 17.6 Å². The van der Waals surface area contributed by atoms with Gasteiger partial charge in [-0.3, -0.25) is 4.98 Å². The van der Waals surface area contributed by atoms with Gasteiger partial charge in [-0.2, -0.15) is 0 Å². The normalized spacial score (nSPS) is 12.5. The molecule has 6 nitrogen and oxygen atoms in total. The second kappa shape index (κ2) is 7.09. The molecule has 140 valence electrons. The number of thiophene rings is 1. The molecule has 1 aliphatic heterocycles. The average molecular weight is 390 g/mol. The number of hydrogen-bond acceptors (Lipinski definition) is 7. The van der Waals surface area contributed by atoms with E-state index in [1.807, 2.05) is 30.3 Å². The number of aromatic nitrogens is 3. The molecular weight excluding hydrogens is 372 g/mol. The molecule has 1 aromatic carbocycles. The highest BCUT2D eigenvalue weighted by Crippen LogP contribution is 2.33. The number of fused-ring (bicyclic) bond motifs is 2. The van der Waals surface area contributed by atoms with Gasteiger partial charge in [-0.05, 0) is 49.2 Å². The fourth-order valence-electron chi connectivity index (χ4n) is 3.21. The van der Waals surface area contributed by atoms with Crippen LogP contribution < -0.4 is 14.8 Å². The van der Waals surface area contributed by atoms with Crippen molar-refractivity contribution in [1.29, 1.82) is 0 Å². The van der Waals surface area contributed by atoms with Gasteiger partial charge in [0.25, 0.3) is 0 Å². The van der Waals surface area contributed by atoms with E-state index in [4.69, 9.17) is 19.4 Å². The summed E-state index contributed by atoms with van der Waals surface area (Å²) in [6.45, 7) is 3.13. The summed E-state index contributed by atoms with van der Waals surface area (Å²) in [6.07, 6.45) is 2.61. The van der Waals surface area contributed by atoms with Crippen LogP contribution in [-0.4, -0.2) is 28.3 Å². The summed E-state index contributed by atoms with van der Waals surface area (Å²) in [5.41, 5.74) is 1.96. The van der Waals surface area contributed by atoms with Crippen molar-refractivity contribution in [3.8, 4) is 23.0 Å². The maximum atomic E-state index is 5.46. The lowest BCUT2D eigenvalue weighted by molar-refractivity contribution is 0.174. The van der Waals surface area contributed by atoms with E-state index in [9.17, 15) is 0 Å². The highest BCUT2D eigenvalue weighted by molar-refractivity contribution is 7.18. The highest BCUT2D eigenvalue weighted by Gasteiger charge is 2.14. The standard InChI is InChI=1S/C21H18N4O2S/c1-13-10-15-19(23-9-7-14-5-6-17-18(11-14)27-12-26-17)24-20(25-21(15)28-13)16-4-2-3-8-22-16/h2-6,8,10-11H,7,9,12H2,1H3,(H,23,24,25). The molecule has 3 aromatic heterocycles.